The van der Waals surface area contributed by atoms with Crippen molar-refractivity contribution in [3.05, 3.63) is 49.7 Å². The molecule has 10 heteroatoms. The largest absolute Gasteiger partial charge is 0.333 e. The average molecular weight is 462 g/mol. The van der Waals surface area contributed by atoms with Crippen LogP contribution in [-0.4, -0.2) is 24.4 Å². The predicted molar refractivity (Wildman–Crippen MR) is 122 cm³/mol. The van der Waals surface area contributed by atoms with Crippen LogP contribution < -0.4 is 11.2 Å². The standard InChI is InChI=1S/C21H24ClN5O3S/c1-2-3-5-10-26-18-14(13-16(22)23-18)20(28)27(21(26)29)11-6-4-9-17-24-19(30-25-17)15-8-7-12-31-15/h7-8,12H,2-6,9-11,13H2,1H3. The van der Waals surface area contributed by atoms with Gasteiger partial charge in [-0.3, -0.25) is 13.9 Å². The lowest BCUT2D eigenvalue weighted by Crippen LogP contribution is -2.41. The summed E-state index contributed by atoms with van der Waals surface area (Å²) in [6.45, 7) is 2.99. The number of unbranched alkanes of at least 4 members (excludes halogenated alkanes) is 3. The highest BCUT2D eigenvalue weighted by atomic mass is 35.5. The number of hydrogen-bond donors (Lipinski definition) is 0. The van der Waals surface area contributed by atoms with E-state index in [-0.39, 0.29) is 17.7 Å². The van der Waals surface area contributed by atoms with E-state index in [9.17, 15) is 9.59 Å². The number of aliphatic imine (C=N–C) groups is 1. The van der Waals surface area contributed by atoms with Gasteiger partial charge in [0.1, 0.15) is 11.0 Å². The third-order valence-corrected chi connectivity index (χ3v) is 6.33. The van der Waals surface area contributed by atoms with Crippen molar-refractivity contribution in [1.29, 1.82) is 0 Å². The lowest BCUT2D eigenvalue weighted by molar-refractivity contribution is 0.421. The van der Waals surface area contributed by atoms with Gasteiger partial charge in [-0.1, -0.05) is 42.6 Å². The molecule has 0 saturated carbocycles. The Bertz CT molecular complexity index is 1190. The maximum absolute atomic E-state index is 13.0. The van der Waals surface area contributed by atoms with Gasteiger partial charge in [0.05, 0.1) is 10.4 Å². The molecular weight excluding hydrogens is 438 g/mol. The van der Waals surface area contributed by atoms with Gasteiger partial charge in [-0.25, -0.2) is 9.79 Å². The Balaban J connectivity index is 1.44. The molecule has 0 unspecified atom stereocenters. The molecule has 3 aromatic heterocycles. The minimum atomic E-state index is -0.311. The van der Waals surface area contributed by atoms with E-state index in [1.165, 1.54) is 4.57 Å². The van der Waals surface area contributed by atoms with Crippen LogP contribution in [-0.2, 0) is 25.9 Å². The fraction of sp³-hybridized carbons (Fsp3) is 0.476. The lowest BCUT2D eigenvalue weighted by Gasteiger charge is -2.14. The van der Waals surface area contributed by atoms with Crippen LogP contribution in [0.15, 0.2) is 36.6 Å². The number of thiophene rings is 1. The molecule has 0 amide bonds. The zero-order valence-electron chi connectivity index (χ0n) is 17.3. The van der Waals surface area contributed by atoms with Gasteiger partial charge in [-0.2, -0.15) is 4.98 Å². The molecular formula is C21H24ClN5O3S. The van der Waals surface area contributed by atoms with Gasteiger partial charge in [0.15, 0.2) is 5.82 Å². The summed E-state index contributed by atoms with van der Waals surface area (Å²) in [5, 5.41) is 6.33. The van der Waals surface area contributed by atoms with Crippen molar-refractivity contribution in [2.24, 2.45) is 4.99 Å². The van der Waals surface area contributed by atoms with Gasteiger partial charge < -0.3 is 4.52 Å². The monoisotopic (exact) mass is 461 g/mol. The first-order valence-corrected chi connectivity index (χ1v) is 11.8. The first-order valence-electron chi connectivity index (χ1n) is 10.5. The summed E-state index contributed by atoms with van der Waals surface area (Å²) in [5.74, 6) is 1.58. The molecule has 0 spiro atoms. The third kappa shape index (κ3) is 4.72. The van der Waals surface area contributed by atoms with Crippen LogP contribution in [0, 0.1) is 0 Å². The molecule has 8 nitrogen and oxygen atoms in total. The van der Waals surface area contributed by atoms with Crippen molar-refractivity contribution in [2.45, 2.75) is 65.0 Å². The molecule has 1 aliphatic rings. The SMILES string of the molecule is CCCCCn1c2c(c(=O)n(CCCCc3noc(-c4cccs4)n3)c1=O)CC(Cl)=N2. The first kappa shape index (κ1) is 21.7. The highest BCUT2D eigenvalue weighted by Gasteiger charge is 2.24. The molecule has 4 heterocycles. The topological polar surface area (TPSA) is 95.3 Å². The Morgan fingerprint density at radius 1 is 1.16 bits per heavy atom. The van der Waals surface area contributed by atoms with Crippen molar-refractivity contribution in [1.82, 2.24) is 19.3 Å². The molecule has 0 saturated heterocycles. The highest BCUT2D eigenvalue weighted by Crippen LogP contribution is 2.25. The van der Waals surface area contributed by atoms with Crippen molar-refractivity contribution in [2.75, 3.05) is 0 Å². The molecule has 1 aliphatic heterocycles. The third-order valence-electron chi connectivity index (χ3n) is 5.26. The summed E-state index contributed by atoms with van der Waals surface area (Å²) >= 11 is 7.63. The second-order valence-corrected chi connectivity index (χ2v) is 8.90. The van der Waals surface area contributed by atoms with Crippen LogP contribution in [0.2, 0.25) is 0 Å². The van der Waals surface area contributed by atoms with Gasteiger partial charge in [0.25, 0.3) is 11.4 Å². The Morgan fingerprint density at radius 3 is 2.74 bits per heavy atom. The minimum absolute atomic E-state index is 0.286. The Labute approximate surface area is 188 Å². The summed E-state index contributed by atoms with van der Waals surface area (Å²) < 4.78 is 8.23. The quantitative estimate of drug-likeness (QED) is 0.422. The predicted octanol–water partition coefficient (Wildman–Crippen LogP) is 4.16. The fourth-order valence-corrected chi connectivity index (χ4v) is 4.51. The second kappa shape index (κ2) is 9.74. The van der Waals surface area contributed by atoms with Crippen molar-refractivity contribution in [3.8, 4) is 10.8 Å². The van der Waals surface area contributed by atoms with E-state index in [2.05, 4.69) is 22.1 Å². The number of fused-ring (bicyclic) bond motifs is 1. The molecule has 0 bridgehead atoms. The summed E-state index contributed by atoms with van der Waals surface area (Å²) in [5.41, 5.74) is -0.0833. The molecule has 0 aliphatic carbocycles. The van der Waals surface area contributed by atoms with Gasteiger partial charge in [0, 0.05) is 25.9 Å². The highest BCUT2D eigenvalue weighted by molar-refractivity contribution is 7.13. The summed E-state index contributed by atoms with van der Waals surface area (Å²) in [6.07, 6.45) is 5.21. The molecule has 0 radical (unpaired) electrons. The minimum Gasteiger partial charge on any atom is -0.333 e. The van der Waals surface area contributed by atoms with E-state index in [1.807, 2.05) is 17.5 Å². The van der Waals surface area contributed by atoms with Crippen LogP contribution in [0.1, 0.15) is 50.4 Å². The number of nitrogens with zero attached hydrogens (tertiary/aromatic N) is 5. The van der Waals surface area contributed by atoms with E-state index in [0.717, 1.165) is 30.6 Å². The first-order chi connectivity index (χ1) is 15.1. The second-order valence-electron chi connectivity index (χ2n) is 7.52. The fourth-order valence-electron chi connectivity index (χ4n) is 3.65. The number of aryl methyl sites for hydroxylation is 1. The summed E-state index contributed by atoms with van der Waals surface area (Å²) in [7, 11) is 0. The van der Waals surface area contributed by atoms with E-state index in [1.54, 1.807) is 15.9 Å². The number of aromatic nitrogens is 4. The number of hydrogen-bond acceptors (Lipinski definition) is 7. The Kier molecular flexibility index (Phi) is 6.82. The summed E-state index contributed by atoms with van der Waals surface area (Å²) in [6, 6.07) is 3.87. The zero-order valence-corrected chi connectivity index (χ0v) is 18.9. The van der Waals surface area contributed by atoms with Crippen molar-refractivity contribution < 1.29 is 4.52 Å². The van der Waals surface area contributed by atoms with Crippen molar-refractivity contribution in [3.63, 3.8) is 0 Å². The van der Waals surface area contributed by atoms with E-state index in [4.69, 9.17) is 16.1 Å². The van der Waals surface area contributed by atoms with Crippen LogP contribution in [0.3, 0.4) is 0 Å². The molecule has 0 N–H and O–H groups in total. The Hall–Kier alpha value is -2.52. The summed E-state index contributed by atoms with van der Waals surface area (Å²) in [4.78, 5) is 35.5. The molecule has 0 aromatic carbocycles. The van der Waals surface area contributed by atoms with Crippen LogP contribution in [0.25, 0.3) is 10.8 Å². The molecule has 164 valence electrons. The molecule has 0 atom stereocenters. The van der Waals surface area contributed by atoms with Gasteiger partial charge in [-0.15, -0.1) is 11.3 Å². The van der Waals surface area contributed by atoms with Gasteiger partial charge in [-0.05, 0) is 30.7 Å². The average Bonchev–Trinajstić information content (AvgIpc) is 3.50. The van der Waals surface area contributed by atoms with Gasteiger partial charge in [0.2, 0.25) is 0 Å². The maximum atomic E-state index is 13.0. The van der Waals surface area contributed by atoms with E-state index >= 15 is 0 Å². The number of rotatable bonds is 10. The molecule has 0 fully saturated rings. The van der Waals surface area contributed by atoms with Crippen LogP contribution in [0.5, 0.6) is 0 Å². The molecule has 4 rings (SSSR count). The van der Waals surface area contributed by atoms with Crippen LogP contribution in [0.4, 0.5) is 5.82 Å². The van der Waals surface area contributed by atoms with Gasteiger partial charge >= 0.3 is 5.69 Å². The maximum Gasteiger partial charge on any atom is 0.332 e. The normalized spacial score (nSPS) is 12.9. The molecule has 31 heavy (non-hydrogen) atoms. The van der Waals surface area contributed by atoms with E-state index in [0.29, 0.717) is 54.2 Å². The van der Waals surface area contributed by atoms with Crippen molar-refractivity contribution >= 4 is 33.9 Å². The van der Waals surface area contributed by atoms with Crippen LogP contribution >= 0.6 is 22.9 Å². The van der Waals surface area contributed by atoms with E-state index < -0.39 is 0 Å². The zero-order chi connectivity index (χ0) is 21.8. The Morgan fingerprint density at radius 2 is 1.97 bits per heavy atom. The lowest BCUT2D eigenvalue weighted by atomic mass is 10.2. The molecule has 3 aromatic rings. The smallest absolute Gasteiger partial charge is 0.332 e. The number of halogens is 1.